The van der Waals surface area contributed by atoms with Crippen molar-refractivity contribution in [2.75, 3.05) is 0 Å². The molecule has 0 spiro atoms. The Labute approximate surface area is 129 Å². The highest BCUT2D eigenvalue weighted by atomic mass is 35.5. The van der Waals surface area contributed by atoms with Crippen LogP contribution in [0.4, 0.5) is 5.69 Å². The van der Waals surface area contributed by atoms with Crippen molar-refractivity contribution in [3.8, 4) is 17.3 Å². The molecule has 2 aromatic carbocycles. The fourth-order valence-electron chi connectivity index (χ4n) is 2.02. The molecule has 0 N–H and O–H groups in total. The average Bonchev–Trinajstić information content (AvgIpc) is 2.90. The predicted molar refractivity (Wildman–Crippen MR) is 76.2 cm³/mol. The summed E-state index contributed by atoms with van der Waals surface area (Å²) in [6.07, 6.45) is 1.26. The van der Waals surface area contributed by atoms with Gasteiger partial charge in [0.05, 0.1) is 4.92 Å². The minimum Gasteiger partial charge on any atom is -0.838 e. The first-order chi connectivity index (χ1) is 10.6. The van der Waals surface area contributed by atoms with E-state index in [0.717, 1.165) is 4.68 Å². The van der Waals surface area contributed by atoms with E-state index in [1.165, 1.54) is 29.1 Å². The van der Waals surface area contributed by atoms with Gasteiger partial charge in [0.1, 0.15) is 11.1 Å². The maximum atomic E-state index is 12.1. The predicted octanol–water partition coefficient (Wildman–Crippen LogP) is 1.78. The van der Waals surface area contributed by atoms with Gasteiger partial charge in [-0.3, -0.25) is 10.1 Å². The van der Waals surface area contributed by atoms with Crippen LogP contribution >= 0.6 is 11.6 Å². The molecule has 0 atom stereocenters. The van der Waals surface area contributed by atoms with E-state index in [9.17, 15) is 15.2 Å². The highest BCUT2D eigenvalue weighted by molar-refractivity contribution is 6.30. The summed E-state index contributed by atoms with van der Waals surface area (Å²) in [5.41, 5.74) is 0.456. The summed E-state index contributed by atoms with van der Waals surface area (Å²) in [6, 6.07) is 13.0. The summed E-state index contributed by atoms with van der Waals surface area (Å²) in [6.45, 7) is 0. The molecule has 110 valence electrons. The van der Waals surface area contributed by atoms with Gasteiger partial charge in [-0.15, -0.1) is 9.36 Å². The molecule has 0 fully saturated rings. The van der Waals surface area contributed by atoms with Crippen LogP contribution in [-0.4, -0.2) is 14.8 Å². The van der Waals surface area contributed by atoms with Gasteiger partial charge in [0.2, 0.25) is 5.69 Å². The third kappa shape index (κ3) is 2.49. The molecule has 3 aromatic rings. The Balaban J connectivity index is 2.14. The fourth-order valence-corrected chi connectivity index (χ4v) is 2.19. The van der Waals surface area contributed by atoms with Crippen molar-refractivity contribution in [1.82, 2.24) is 9.90 Å². The van der Waals surface area contributed by atoms with Crippen molar-refractivity contribution in [3.05, 3.63) is 69.9 Å². The van der Waals surface area contributed by atoms with E-state index in [0.29, 0.717) is 5.69 Å². The molecule has 0 aliphatic carbocycles. The first kappa shape index (κ1) is 14.0. The maximum Gasteiger partial charge on any atom is 0.319 e. The topological polar surface area (TPSA) is 87.9 Å². The van der Waals surface area contributed by atoms with Gasteiger partial charge in [0.15, 0.2) is 11.9 Å². The third-order valence-corrected chi connectivity index (χ3v) is 3.25. The number of hydrogen-bond acceptors (Lipinski definition) is 4. The van der Waals surface area contributed by atoms with Gasteiger partial charge in [-0.05, 0) is 24.3 Å². The Kier molecular flexibility index (Phi) is 3.48. The van der Waals surface area contributed by atoms with Crippen molar-refractivity contribution >= 4 is 17.3 Å². The molecule has 8 heteroatoms. The number of para-hydroxylation sites is 1. The first-order valence-electron chi connectivity index (χ1n) is 6.25. The highest BCUT2D eigenvalue weighted by Gasteiger charge is 2.23. The molecule has 7 nitrogen and oxygen atoms in total. The van der Waals surface area contributed by atoms with E-state index in [1.807, 2.05) is 6.07 Å². The van der Waals surface area contributed by atoms with Crippen LogP contribution in [0.5, 0.6) is 5.88 Å². The van der Waals surface area contributed by atoms with E-state index in [2.05, 4.69) is 5.21 Å². The number of rotatable bonds is 3. The van der Waals surface area contributed by atoms with E-state index in [1.54, 1.807) is 24.3 Å². The molecule has 22 heavy (non-hydrogen) atoms. The zero-order valence-electron chi connectivity index (χ0n) is 11.1. The van der Waals surface area contributed by atoms with Gasteiger partial charge in [-0.2, -0.15) is 0 Å². The van der Waals surface area contributed by atoms with E-state index < -0.39 is 10.8 Å². The lowest BCUT2D eigenvalue weighted by Gasteiger charge is -2.01. The molecule has 0 unspecified atom stereocenters. The monoisotopic (exact) mass is 316 g/mol. The number of nitro groups is 1. The van der Waals surface area contributed by atoms with Crippen LogP contribution < -0.4 is 9.79 Å². The largest absolute Gasteiger partial charge is 0.838 e. The lowest BCUT2D eigenvalue weighted by Crippen LogP contribution is -2.37. The molecule has 0 saturated heterocycles. The molecule has 0 aliphatic heterocycles. The van der Waals surface area contributed by atoms with Crippen LogP contribution in [0.3, 0.4) is 0 Å². The van der Waals surface area contributed by atoms with E-state index in [-0.39, 0.29) is 16.4 Å². The van der Waals surface area contributed by atoms with Gasteiger partial charge in [-0.1, -0.05) is 29.8 Å². The molecule has 0 aliphatic rings. The van der Waals surface area contributed by atoms with Crippen LogP contribution in [0.1, 0.15) is 0 Å². The molecular formula is C14H9ClN4O3. The second kappa shape index (κ2) is 5.45. The Morgan fingerprint density at radius 1 is 1.18 bits per heavy atom. The molecule has 3 rings (SSSR count). The third-order valence-electron chi connectivity index (χ3n) is 3.01. The number of hydrogen-bond donors (Lipinski definition) is 0. The summed E-state index contributed by atoms with van der Waals surface area (Å²) >= 11 is 5.77. The Hall–Kier alpha value is -2.93. The smallest absolute Gasteiger partial charge is 0.319 e. The Bertz CT molecular complexity index is 849. The average molecular weight is 317 g/mol. The minimum atomic E-state index is -0.602. The fraction of sp³-hybridized carbons (Fsp3) is 0. The highest BCUT2D eigenvalue weighted by Crippen LogP contribution is 2.24. The summed E-state index contributed by atoms with van der Waals surface area (Å²) in [4.78, 5) is 10.5. The zero-order valence-corrected chi connectivity index (χ0v) is 11.8. The molecule has 0 bridgehead atoms. The van der Waals surface area contributed by atoms with Gasteiger partial charge < -0.3 is 5.11 Å². The van der Waals surface area contributed by atoms with Gasteiger partial charge in [0.25, 0.3) is 0 Å². The van der Waals surface area contributed by atoms with Gasteiger partial charge in [-0.25, -0.2) is 0 Å². The SMILES string of the molecule is O=[N+]([O-])c1cc(Cl)ccc1-[n+]1nn(-c2ccccc2)cc1[O-]. The van der Waals surface area contributed by atoms with Crippen molar-refractivity contribution in [2.45, 2.75) is 0 Å². The molecule has 0 saturated carbocycles. The second-order valence-electron chi connectivity index (χ2n) is 4.44. The number of benzene rings is 2. The van der Waals surface area contributed by atoms with Crippen molar-refractivity contribution < 1.29 is 14.7 Å². The molecule has 0 radical (unpaired) electrons. The van der Waals surface area contributed by atoms with Crippen LogP contribution in [0.25, 0.3) is 11.4 Å². The van der Waals surface area contributed by atoms with Gasteiger partial charge >= 0.3 is 5.69 Å². The molecule has 1 aromatic heterocycles. The Morgan fingerprint density at radius 2 is 1.91 bits per heavy atom. The lowest BCUT2D eigenvalue weighted by molar-refractivity contribution is -0.705. The summed E-state index contributed by atoms with van der Waals surface area (Å²) < 4.78 is 2.34. The van der Waals surface area contributed by atoms with Crippen LogP contribution in [0.15, 0.2) is 54.7 Å². The van der Waals surface area contributed by atoms with Crippen molar-refractivity contribution in [3.63, 3.8) is 0 Å². The standard InChI is InChI=1S/C14H9ClN4O3/c15-10-6-7-12(13(8-10)19(21)22)18-14(20)9-17(16-18)11-4-2-1-3-5-11/h1-9H. The number of nitro benzene ring substituents is 1. The van der Waals surface area contributed by atoms with Crippen LogP contribution in [-0.2, 0) is 0 Å². The van der Waals surface area contributed by atoms with E-state index >= 15 is 0 Å². The Morgan fingerprint density at radius 3 is 2.59 bits per heavy atom. The number of nitrogens with zero attached hydrogens (tertiary/aromatic N) is 4. The van der Waals surface area contributed by atoms with Crippen LogP contribution in [0, 0.1) is 10.1 Å². The van der Waals surface area contributed by atoms with Crippen LogP contribution in [0.2, 0.25) is 5.02 Å². The normalized spacial score (nSPS) is 10.6. The summed E-state index contributed by atoms with van der Waals surface area (Å²) in [5, 5.41) is 27.5. The summed E-state index contributed by atoms with van der Waals surface area (Å²) in [5.74, 6) is -0.478. The molecule has 1 heterocycles. The summed E-state index contributed by atoms with van der Waals surface area (Å²) in [7, 11) is 0. The van der Waals surface area contributed by atoms with Gasteiger partial charge in [0, 0.05) is 11.1 Å². The first-order valence-corrected chi connectivity index (χ1v) is 6.63. The van der Waals surface area contributed by atoms with Crippen molar-refractivity contribution in [2.24, 2.45) is 0 Å². The molecule has 0 amide bonds. The zero-order chi connectivity index (χ0) is 15.7. The lowest BCUT2D eigenvalue weighted by atomic mass is 10.2. The minimum absolute atomic E-state index is 0.0640. The number of aromatic nitrogens is 3. The maximum absolute atomic E-state index is 12.1. The van der Waals surface area contributed by atoms with Crippen molar-refractivity contribution in [1.29, 1.82) is 0 Å². The molecular weight excluding hydrogens is 308 g/mol. The second-order valence-corrected chi connectivity index (χ2v) is 4.88. The van der Waals surface area contributed by atoms with E-state index in [4.69, 9.17) is 11.6 Å². The number of halogens is 1. The quantitative estimate of drug-likeness (QED) is 0.418.